The zero-order chi connectivity index (χ0) is 8.27. The van der Waals surface area contributed by atoms with Gasteiger partial charge in [0.2, 0.25) is 0 Å². The van der Waals surface area contributed by atoms with Crippen molar-refractivity contribution >= 4 is 0 Å². The van der Waals surface area contributed by atoms with Gasteiger partial charge in [-0.3, -0.25) is 0 Å². The van der Waals surface area contributed by atoms with E-state index in [4.69, 9.17) is 11.5 Å². The Kier molecular flexibility index (Phi) is 3.30. The standard InChI is InChI=1S/C8H19N3/c1-11-7-4-2-3-6(5-7)8(9)10/h6-8,11H,2-5,9-10H2,1H3. The van der Waals surface area contributed by atoms with Crippen LogP contribution < -0.4 is 16.8 Å². The molecule has 0 saturated heterocycles. The molecule has 0 amide bonds. The maximum atomic E-state index is 5.63. The van der Waals surface area contributed by atoms with Gasteiger partial charge in [0, 0.05) is 6.04 Å². The lowest BCUT2D eigenvalue weighted by molar-refractivity contribution is 0.261. The average Bonchev–Trinajstić information content (AvgIpc) is 2.05. The third-order valence-electron chi connectivity index (χ3n) is 2.67. The highest BCUT2D eigenvalue weighted by molar-refractivity contribution is 4.80. The molecule has 0 aromatic rings. The maximum Gasteiger partial charge on any atom is 0.0550 e. The van der Waals surface area contributed by atoms with Gasteiger partial charge in [-0.05, 0) is 32.2 Å². The van der Waals surface area contributed by atoms with E-state index in [-0.39, 0.29) is 6.17 Å². The molecule has 1 aliphatic carbocycles. The van der Waals surface area contributed by atoms with E-state index < -0.39 is 0 Å². The molecule has 0 spiro atoms. The van der Waals surface area contributed by atoms with Crippen LogP contribution in [-0.2, 0) is 0 Å². The van der Waals surface area contributed by atoms with Gasteiger partial charge in [-0.25, -0.2) is 0 Å². The first kappa shape index (κ1) is 8.97. The van der Waals surface area contributed by atoms with Gasteiger partial charge >= 0.3 is 0 Å². The minimum Gasteiger partial charge on any atom is -0.317 e. The average molecular weight is 157 g/mol. The van der Waals surface area contributed by atoms with Crippen LogP contribution in [0.15, 0.2) is 0 Å². The molecule has 0 heterocycles. The van der Waals surface area contributed by atoms with Crippen molar-refractivity contribution in [3.05, 3.63) is 0 Å². The molecule has 1 fully saturated rings. The van der Waals surface area contributed by atoms with Gasteiger partial charge in [-0.15, -0.1) is 0 Å². The smallest absolute Gasteiger partial charge is 0.0550 e. The quantitative estimate of drug-likeness (QED) is 0.495. The summed E-state index contributed by atoms with van der Waals surface area (Å²) in [6, 6.07) is 0.642. The van der Waals surface area contributed by atoms with Crippen LogP contribution in [-0.4, -0.2) is 19.3 Å². The van der Waals surface area contributed by atoms with Crippen LogP contribution in [0.5, 0.6) is 0 Å². The van der Waals surface area contributed by atoms with Crippen molar-refractivity contribution in [2.24, 2.45) is 17.4 Å². The summed E-state index contributed by atoms with van der Waals surface area (Å²) < 4.78 is 0. The van der Waals surface area contributed by atoms with Gasteiger partial charge in [-0.1, -0.05) is 6.42 Å². The Morgan fingerprint density at radius 3 is 2.64 bits per heavy atom. The first-order chi connectivity index (χ1) is 5.24. The van der Waals surface area contributed by atoms with E-state index in [0.29, 0.717) is 12.0 Å². The molecule has 2 atom stereocenters. The second kappa shape index (κ2) is 4.04. The Morgan fingerprint density at radius 1 is 1.36 bits per heavy atom. The van der Waals surface area contributed by atoms with E-state index in [2.05, 4.69) is 5.32 Å². The van der Waals surface area contributed by atoms with E-state index in [1.165, 1.54) is 19.3 Å². The van der Waals surface area contributed by atoms with Gasteiger partial charge < -0.3 is 16.8 Å². The monoisotopic (exact) mass is 157 g/mol. The Hall–Kier alpha value is -0.120. The van der Waals surface area contributed by atoms with Gasteiger partial charge in [0.1, 0.15) is 0 Å². The first-order valence-corrected chi connectivity index (χ1v) is 4.42. The summed E-state index contributed by atoms with van der Waals surface area (Å²) in [4.78, 5) is 0. The molecule has 5 N–H and O–H groups in total. The second-order valence-corrected chi connectivity index (χ2v) is 3.49. The van der Waals surface area contributed by atoms with Crippen molar-refractivity contribution in [3.63, 3.8) is 0 Å². The number of hydrogen-bond donors (Lipinski definition) is 3. The van der Waals surface area contributed by atoms with Crippen LogP contribution in [0.2, 0.25) is 0 Å². The lowest BCUT2D eigenvalue weighted by Crippen LogP contribution is -2.44. The second-order valence-electron chi connectivity index (χ2n) is 3.49. The molecule has 1 aliphatic rings. The highest BCUT2D eigenvalue weighted by Gasteiger charge is 2.23. The molecule has 1 saturated carbocycles. The molecule has 3 nitrogen and oxygen atoms in total. The third kappa shape index (κ3) is 2.43. The summed E-state index contributed by atoms with van der Waals surface area (Å²) >= 11 is 0. The van der Waals surface area contributed by atoms with Crippen LogP contribution >= 0.6 is 0 Å². The first-order valence-electron chi connectivity index (χ1n) is 4.42. The number of rotatable bonds is 2. The Labute approximate surface area is 68.5 Å². The summed E-state index contributed by atoms with van der Waals surface area (Å²) in [5.41, 5.74) is 11.3. The van der Waals surface area contributed by atoms with E-state index in [9.17, 15) is 0 Å². The Morgan fingerprint density at radius 2 is 2.09 bits per heavy atom. The molecule has 0 aromatic carbocycles. The molecule has 0 radical (unpaired) electrons. The zero-order valence-electron chi connectivity index (χ0n) is 7.22. The number of nitrogens with two attached hydrogens (primary N) is 2. The van der Waals surface area contributed by atoms with Crippen LogP contribution in [0.25, 0.3) is 0 Å². The zero-order valence-corrected chi connectivity index (χ0v) is 7.22. The van der Waals surface area contributed by atoms with Crippen molar-refractivity contribution in [3.8, 4) is 0 Å². The summed E-state index contributed by atoms with van der Waals surface area (Å²) in [7, 11) is 2.01. The fraction of sp³-hybridized carbons (Fsp3) is 1.00. The predicted octanol–water partition coefficient (Wildman–Crippen LogP) is 0.00810. The van der Waals surface area contributed by atoms with Crippen molar-refractivity contribution in [1.82, 2.24) is 5.32 Å². The van der Waals surface area contributed by atoms with E-state index in [1.807, 2.05) is 7.05 Å². The summed E-state index contributed by atoms with van der Waals surface area (Å²) in [6.45, 7) is 0. The summed E-state index contributed by atoms with van der Waals surface area (Å²) in [6.07, 6.45) is 4.77. The highest BCUT2D eigenvalue weighted by Crippen LogP contribution is 2.24. The summed E-state index contributed by atoms with van der Waals surface area (Å²) in [5.74, 6) is 0.529. The van der Waals surface area contributed by atoms with Crippen LogP contribution in [0.3, 0.4) is 0 Å². The lowest BCUT2D eigenvalue weighted by atomic mass is 9.84. The molecule has 11 heavy (non-hydrogen) atoms. The van der Waals surface area contributed by atoms with Crippen molar-refractivity contribution in [1.29, 1.82) is 0 Å². The van der Waals surface area contributed by atoms with Crippen LogP contribution in [0.4, 0.5) is 0 Å². The van der Waals surface area contributed by atoms with Crippen LogP contribution in [0, 0.1) is 5.92 Å². The van der Waals surface area contributed by atoms with Gasteiger partial charge in [0.25, 0.3) is 0 Å². The Bertz CT molecular complexity index is 114. The topological polar surface area (TPSA) is 64.1 Å². The SMILES string of the molecule is CNC1CCCC(C(N)N)C1. The summed E-state index contributed by atoms with van der Waals surface area (Å²) in [5, 5.41) is 3.28. The predicted molar refractivity (Wildman–Crippen MR) is 47.0 cm³/mol. The molecule has 1 rings (SSSR count). The Balaban J connectivity index is 2.33. The normalized spacial score (nSPS) is 32.7. The number of hydrogen-bond acceptors (Lipinski definition) is 3. The van der Waals surface area contributed by atoms with Gasteiger partial charge in [0.05, 0.1) is 6.17 Å². The molecule has 0 bridgehead atoms. The molecule has 66 valence electrons. The van der Waals surface area contributed by atoms with Gasteiger partial charge in [0.15, 0.2) is 0 Å². The van der Waals surface area contributed by atoms with Crippen molar-refractivity contribution in [2.75, 3.05) is 7.05 Å². The minimum absolute atomic E-state index is 0.119. The highest BCUT2D eigenvalue weighted by atomic mass is 14.9. The fourth-order valence-corrected chi connectivity index (χ4v) is 1.84. The third-order valence-corrected chi connectivity index (χ3v) is 2.67. The lowest BCUT2D eigenvalue weighted by Gasteiger charge is -2.30. The van der Waals surface area contributed by atoms with Crippen LogP contribution in [0.1, 0.15) is 25.7 Å². The van der Waals surface area contributed by atoms with Gasteiger partial charge in [-0.2, -0.15) is 0 Å². The largest absolute Gasteiger partial charge is 0.317 e. The van der Waals surface area contributed by atoms with Crippen molar-refractivity contribution < 1.29 is 0 Å². The van der Waals surface area contributed by atoms with E-state index in [1.54, 1.807) is 0 Å². The fourth-order valence-electron chi connectivity index (χ4n) is 1.84. The molecule has 0 aliphatic heterocycles. The molecular formula is C8H19N3. The molecule has 3 heteroatoms. The van der Waals surface area contributed by atoms with Crippen molar-refractivity contribution in [2.45, 2.75) is 37.9 Å². The molecule has 2 unspecified atom stereocenters. The minimum atomic E-state index is -0.119. The molecular weight excluding hydrogens is 138 g/mol. The molecule has 0 aromatic heterocycles. The number of nitrogens with one attached hydrogen (secondary N) is 1. The van der Waals surface area contributed by atoms with E-state index >= 15 is 0 Å². The van der Waals surface area contributed by atoms with E-state index in [0.717, 1.165) is 6.42 Å². The maximum absolute atomic E-state index is 5.63.